The van der Waals surface area contributed by atoms with E-state index in [4.69, 9.17) is 10.5 Å². The number of benzene rings is 1. The number of rotatable bonds is 3. The van der Waals surface area contributed by atoms with Crippen LogP contribution in [0.1, 0.15) is 27.7 Å². The molecule has 1 rings (SSSR count). The molecule has 0 heterocycles. The van der Waals surface area contributed by atoms with Gasteiger partial charge in [0.05, 0.1) is 5.44 Å². The van der Waals surface area contributed by atoms with Crippen LogP contribution >= 0.6 is 0 Å². The van der Waals surface area contributed by atoms with E-state index in [1.807, 2.05) is 51.1 Å². The van der Waals surface area contributed by atoms with Gasteiger partial charge < -0.3 is 21.4 Å². The molecule has 1 radical (unpaired) electrons. The second-order valence-electron chi connectivity index (χ2n) is 5.34. The summed E-state index contributed by atoms with van der Waals surface area (Å²) in [6, 6.07) is 9.51. The van der Waals surface area contributed by atoms with Crippen molar-refractivity contribution >= 4 is 18.7 Å². The fourth-order valence-electron chi connectivity index (χ4n) is 1.34. The molecule has 0 saturated carbocycles. The molecule has 0 aliphatic heterocycles. The zero-order chi connectivity index (χ0) is 13.1. The van der Waals surface area contributed by atoms with Gasteiger partial charge in [-0.15, -0.1) is 0 Å². The van der Waals surface area contributed by atoms with Gasteiger partial charge in [-0.25, -0.2) is 0 Å². The Morgan fingerprint density at radius 3 is 2.00 bits per heavy atom. The Morgan fingerprint density at radius 1 is 1.11 bits per heavy atom. The number of hydrogen-bond acceptors (Lipinski definition) is 3. The molecule has 0 bridgehead atoms. The lowest BCUT2D eigenvalue weighted by molar-refractivity contribution is -0.157. The maximum atomic E-state index is 11.9. The molecule has 6 heteroatoms. The van der Waals surface area contributed by atoms with Crippen LogP contribution in [0, 0.1) is 0 Å². The Bertz CT molecular complexity index is 387. The molecule has 0 amide bonds. The van der Waals surface area contributed by atoms with Gasteiger partial charge in [-0.1, -0.05) is 35.8 Å². The van der Waals surface area contributed by atoms with Crippen LogP contribution in [0.3, 0.4) is 0 Å². The fraction of sp³-hybridized carbons (Fsp3) is 0.462. The molecular formula is C13H23BNO4. The van der Waals surface area contributed by atoms with Crippen molar-refractivity contribution in [1.29, 1.82) is 0 Å². The molecule has 1 aromatic rings. The van der Waals surface area contributed by atoms with Crippen molar-refractivity contribution in [3.05, 3.63) is 30.3 Å². The Morgan fingerprint density at radius 2 is 1.58 bits per heavy atom. The third kappa shape index (κ3) is 6.95. The van der Waals surface area contributed by atoms with Gasteiger partial charge in [0.25, 0.3) is 0 Å². The van der Waals surface area contributed by atoms with Gasteiger partial charge in [-0.05, 0) is 27.7 Å². The molecule has 1 aromatic carbocycles. The van der Waals surface area contributed by atoms with Crippen molar-refractivity contribution in [2.75, 3.05) is 0 Å². The number of carbonyl (C=O) groups excluding carboxylic acids is 1. The molecule has 19 heavy (non-hydrogen) atoms. The lowest BCUT2D eigenvalue weighted by atomic mass is 9.55. The van der Waals surface area contributed by atoms with Crippen molar-refractivity contribution < 1.29 is 20.5 Å². The first-order valence-electron chi connectivity index (χ1n) is 5.64. The van der Waals surface area contributed by atoms with E-state index in [0.717, 1.165) is 5.46 Å². The van der Waals surface area contributed by atoms with E-state index in [9.17, 15) is 4.79 Å². The third-order valence-corrected chi connectivity index (χ3v) is 2.10. The molecule has 0 fully saturated rings. The molecule has 0 spiro atoms. The summed E-state index contributed by atoms with van der Waals surface area (Å²) in [6.07, 6.45) is 0. The number of nitrogens with two attached hydrogens (primary N) is 1. The summed E-state index contributed by atoms with van der Waals surface area (Å²) < 4.78 is 5.28. The van der Waals surface area contributed by atoms with E-state index in [0.29, 0.717) is 0 Å². The maximum absolute atomic E-state index is 11.9. The van der Waals surface area contributed by atoms with Crippen LogP contribution in [0.25, 0.3) is 0 Å². The number of esters is 1. The SMILES string of the molecule is CC(C)(C)OC(=O)C(C)(N)[B]c1ccccc1.O.O. The summed E-state index contributed by atoms with van der Waals surface area (Å²) in [5.74, 6) is -0.422. The molecule has 0 saturated heterocycles. The molecule has 0 aliphatic carbocycles. The molecule has 1 unspecified atom stereocenters. The van der Waals surface area contributed by atoms with Gasteiger partial charge in [0, 0.05) is 0 Å². The summed E-state index contributed by atoms with van der Waals surface area (Å²) in [5, 5.41) is 0. The van der Waals surface area contributed by atoms with Gasteiger partial charge in [0.15, 0.2) is 7.28 Å². The summed E-state index contributed by atoms with van der Waals surface area (Å²) in [6.45, 7) is 7.12. The Hall–Kier alpha value is -1.37. The zero-order valence-electron chi connectivity index (χ0n) is 11.9. The monoisotopic (exact) mass is 268 g/mol. The summed E-state index contributed by atoms with van der Waals surface area (Å²) in [4.78, 5) is 11.9. The summed E-state index contributed by atoms with van der Waals surface area (Å²) >= 11 is 0. The van der Waals surface area contributed by atoms with Crippen LogP contribution in [0.4, 0.5) is 0 Å². The van der Waals surface area contributed by atoms with E-state index in [1.165, 1.54) is 0 Å². The van der Waals surface area contributed by atoms with Crippen LogP contribution in [0.15, 0.2) is 30.3 Å². The fourth-order valence-corrected chi connectivity index (χ4v) is 1.34. The second-order valence-corrected chi connectivity index (χ2v) is 5.34. The average molecular weight is 268 g/mol. The first-order chi connectivity index (χ1) is 7.71. The molecule has 107 valence electrons. The Kier molecular flexibility index (Phi) is 7.65. The Labute approximate surface area is 115 Å². The highest BCUT2D eigenvalue weighted by Crippen LogP contribution is 2.11. The van der Waals surface area contributed by atoms with Gasteiger partial charge in [0.2, 0.25) is 0 Å². The highest BCUT2D eigenvalue weighted by molar-refractivity contribution is 6.61. The summed E-state index contributed by atoms with van der Waals surface area (Å²) in [7, 11) is 1.71. The van der Waals surface area contributed by atoms with Crippen molar-refractivity contribution in [2.24, 2.45) is 5.73 Å². The smallest absolute Gasteiger partial charge is 0.317 e. The number of carbonyl (C=O) groups is 1. The van der Waals surface area contributed by atoms with E-state index in [1.54, 1.807) is 14.2 Å². The van der Waals surface area contributed by atoms with Crippen molar-refractivity contribution in [3.8, 4) is 0 Å². The van der Waals surface area contributed by atoms with Crippen LogP contribution in [-0.4, -0.2) is 35.2 Å². The first kappa shape index (κ1) is 20.0. The minimum atomic E-state index is -1.12. The first-order valence-corrected chi connectivity index (χ1v) is 5.64. The molecule has 0 aliphatic rings. The number of ether oxygens (including phenoxy) is 1. The van der Waals surface area contributed by atoms with Crippen molar-refractivity contribution in [3.63, 3.8) is 0 Å². The predicted octanol–water partition coefficient (Wildman–Crippen LogP) is -0.617. The quantitative estimate of drug-likeness (QED) is 0.581. The predicted molar refractivity (Wildman–Crippen MR) is 77.5 cm³/mol. The van der Waals surface area contributed by atoms with Gasteiger partial charge in [0.1, 0.15) is 5.60 Å². The normalized spacial score (nSPS) is 13.3. The van der Waals surface area contributed by atoms with Crippen LogP contribution in [0.2, 0.25) is 0 Å². The van der Waals surface area contributed by atoms with Crippen molar-refractivity contribution in [1.82, 2.24) is 0 Å². The largest absolute Gasteiger partial charge is 0.459 e. The molecule has 5 nitrogen and oxygen atoms in total. The van der Waals surface area contributed by atoms with E-state index >= 15 is 0 Å². The lowest BCUT2D eigenvalue weighted by Gasteiger charge is -2.28. The highest BCUT2D eigenvalue weighted by atomic mass is 16.6. The standard InChI is InChI=1S/C13H19BNO2.2H2O/c1-12(2,3)17-11(16)13(4,15)14-10-8-6-5-7-9-10;;/h5-9H,15H2,1-4H3;2*1H2. The highest BCUT2D eigenvalue weighted by Gasteiger charge is 2.34. The molecule has 1 atom stereocenters. The van der Waals surface area contributed by atoms with Crippen LogP contribution in [0.5, 0.6) is 0 Å². The van der Waals surface area contributed by atoms with Gasteiger partial charge >= 0.3 is 5.97 Å². The molecular weight excluding hydrogens is 245 g/mol. The van der Waals surface area contributed by atoms with Gasteiger partial charge in [-0.3, -0.25) is 4.79 Å². The molecule has 6 N–H and O–H groups in total. The average Bonchev–Trinajstić information content (AvgIpc) is 2.15. The van der Waals surface area contributed by atoms with Crippen LogP contribution < -0.4 is 11.2 Å². The van der Waals surface area contributed by atoms with E-state index in [-0.39, 0.29) is 11.0 Å². The minimum Gasteiger partial charge on any atom is -0.459 e. The topological polar surface area (TPSA) is 115 Å². The Balaban J connectivity index is 0. The summed E-state index contributed by atoms with van der Waals surface area (Å²) in [5.41, 5.74) is 5.23. The molecule has 0 aromatic heterocycles. The maximum Gasteiger partial charge on any atom is 0.317 e. The zero-order valence-corrected chi connectivity index (χ0v) is 11.9. The second kappa shape index (κ2) is 7.28. The number of hydrogen-bond donors (Lipinski definition) is 1. The third-order valence-electron chi connectivity index (χ3n) is 2.10. The van der Waals surface area contributed by atoms with Crippen LogP contribution in [-0.2, 0) is 9.53 Å². The van der Waals surface area contributed by atoms with E-state index < -0.39 is 17.0 Å². The van der Waals surface area contributed by atoms with E-state index in [2.05, 4.69) is 0 Å². The minimum absolute atomic E-state index is 0. The van der Waals surface area contributed by atoms with Gasteiger partial charge in [-0.2, -0.15) is 0 Å². The van der Waals surface area contributed by atoms with Crippen molar-refractivity contribution in [2.45, 2.75) is 38.7 Å². The lowest BCUT2D eigenvalue weighted by Crippen LogP contribution is -2.56.